The van der Waals surface area contributed by atoms with E-state index in [0.29, 0.717) is 34.4 Å². The SMILES string of the molecule is CC(NC(=O)CC(=O)Nc1ccc(C(=N)N)cc1)c1ccc(OC2CCN(CC(=O)O)CC2)c(-c2ccc(Cl)s2)c1.O=C(O)C(F)(F)F. The van der Waals surface area contributed by atoms with Gasteiger partial charge in [0.2, 0.25) is 11.8 Å². The number of halogens is 4. The van der Waals surface area contributed by atoms with Crippen molar-refractivity contribution in [2.24, 2.45) is 5.73 Å². The van der Waals surface area contributed by atoms with Gasteiger partial charge in [-0.1, -0.05) is 17.7 Å². The normalized spacial score (nSPS) is 14.2. The highest BCUT2D eigenvalue weighted by Gasteiger charge is 2.38. The number of benzene rings is 2. The molecule has 2 heterocycles. The first kappa shape index (κ1) is 37.8. The zero-order chi connectivity index (χ0) is 35.6. The predicted molar refractivity (Wildman–Crippen MR) is 173 cm³/mol. The molecule has 1 unspecified atom stereocenters. The molecule has 0 aliphatic carbocycles. The number of nitrogens with zero attached hydrogens (tertiary/aromatic N) is 1. The molecule has 1 aromatic heterocycles. The average Bonchev–Trinajstić information content (AvgIpc) is 3.44. The molecule has 3 aromatic rings. The van der Waals surface area contributed by atoms with Gasteiger partial charge in [-0.25, -0.2) is 4.79 Å². The molecule has 0 radical (unpaired) electrons. The van der Waals surface area contributed by atoms with Gasteiger partial charge in [0, 0.05) is 34.8 Å². The van der Waals surface area contributed by atoms with Crippen molar-refractivity contribution >= 4 is 58.2 Å². The van der Waals surface area contributed by atoms with Crippen LogP contribution in [0.25, 0.3) is 10.4 Å². The molecule has 12 nitrogen and oxygen atoms in total. The molecule has 1 fully saturated rings. The third kappa shape index (κ3) is 11.8. The Bertz CT molecular complexity index is 1630. The third-order valence-corrected chi connectivity index (χ3v) is 8.21. The summed E-state index contributed by atoms with van der Waals surface area (Å²) in [5.41, 5.74) is 8.17. The van der Waals surface area contributed by atoms with Gasteiger partial charge in [-0.05, 0) is 73.9 Å². The van der Waals surface area contributed by atoms with E-state index in [9.17, 15) is 27.6 Å². The third-order valence-electron chi connectivity index (χ3n) is 6.95. The number of nitrogen functional groups attached to an aromatic ring is 1. The van der Waals surface area contributed by atoms with Crippen LogP contribution in [0.15, 0.2) is 54.6 Å². The summed E-state index contributed by atoms with van der Waals surface area (Å²) in [5, 5.41) is 29.2. The smallest absolute Gasteiger partial charge is 0.490 e. The molecule has 4 rings (SSSR count). The predicted octanol–water partition coefficient (Wildman–Crippen LogP) is 5.12. The van der Waals surface area contributed by atoms with Gasteiger partial charge >= 0.3 is 18.1 Å². The van der Waals surface area contributed by atoms with Crippen molar-refractivity contribution in [2.75, 3.05) is 25.0 Å². The summed E-state index contributed by atoms with van der Waals surface area (Å²) in [6.07, 6.45) is -4.05. The van der Waals surface area contributed by atoms with E-state index in [1.54, 1.807) is 24.3 Å². The highest BCUT2D eigenvalue weighted by Crippen LogP contribution is 2.39. The Labute approximate surface area is 282 Å². The number of piperidine rings is 1. The first-order valence-corrected chi connectivity index (χ1v) is 15.6. The molecule has 48 heavy (non-hydrogen) atoms. The summed E-state index contributed by atoms with van der Waals surface area (Å²) in [6, 6.07) is 15.6. The lowest BCUT2D eigenvalue weighted by molar-refractivity contribution is -0.192. The van der Waals surface area contributed by atoms with Crippen LogP contribution in [0.3, 0.4) is 0 Å². The lowest BCUT2D eigenvalue weighted by Gasteiger charge is -2.31. The average molecular weight is 712 g/mol. The van der Waals surface area contributed by atoms with Gasteiger partial charge in [-0.3, -0.25) is 24.7 Å². The van der Waals surface area contributed by atoms with Gasteiger partial charge in [0.1, 0.15) is 24.1 Å². The van der Waals surface area contributed by atoms with E-state index in [1.807, 2.05) is 42.2 Å². The number of ether oxygens (including phenoxy) is 1. The molecule has 1 saturated heterocycles. The number of rotatable bonds is 11. The van der Waals surface area contributed by atoms with Crippen LogP contribution in [0.5, 0.6) is 5.75 Å². The number of carbonyl (C=O) groups is 4. The quantitative estimate of drug-likeness (QED) is 0.0889. The topological polar surface area (TPSA) is 195 Å². The number of carbonyl (C=O) groups excluding carboxylic acids is 2. The monoisotopic (exact) mass is 711 g/mol. The molecule has 0 bridgehead atoms. The minimum absolute atomic E-state index is 0.0276. The second-order valence-corrected chi connectivity index (χ2v) is 12.4. The van der Waals surface area contributed by atoms with E-state index >= 15 is 0 Å². The summed E-state index contributed by atoms with van der Waals surface area (Å²) >= 11 is 7.65. The molecule has 0 spiro atoms. The Kier molecular flexibility index (Phi) is 13.3. The molecule has 1 aliphatic rings. The lowest BCUT2D eigenvalue weighted by atomic mass is 10.0. The minimum Gasteiger partial charge on any atom is -0.490 e. The first-order valence-electron chi connectivity index (χ1n) is 14.4. The van der Waals surface area contributed by atoms with Crippen LogP contribution in [-0.2, 0) is 19.2 Å². The fraction of sp³-hybridized carbons (Fsp3) is 0.323. The van der Waals surface area contributed by atoms with Gasteiger partial charge in [0.15, 0.2) is 0 Å². The van der Waals surface area contributed by atoms with Crippen LogP contribution < -0.4 is 21.1 Å². The number of alkyl halides is 3. The second kappa shape index (κ2) is 16.9. The number of hydrogen-bond donors (Lipinski definition) is 6. The maximum absolute atomic E-state index is 12.7. The zero-order valence-corrected chi connectivity index (χ0v) is 27.0. The van der Waals surface area contributed by atoms with Crippen molar-refractivity contribution in [1.29, 1.82) is 5.41 Å². The summed E-state index contributed by atoms with van der Waals surface area (Å²) in [4.78, 5) is 47.8. The van der Waals surface area contributed by atoms with Crippen LogP contribution in [0.1, 0.15) is 43.4 Å². The molecule has 2 aromatic carbocycles. The number of thiophene rings is 1. The Morgan fingerprint density at radius 1 is 1.06 bits per heavy atom. The van der Waals surface area contributed by atoms with Crippen LogP contribution in [-0.4, -0.2) is 76.6 Å². The van der Waals surface area contributed by atoms with Gasteiger partial charge in [-0.15, -0.1) is 11.3 Å². The van der Waals surface area contributed by atoms with Crippen molar-refractivity contribution in [3.05, 3.63) is 70.1 Å². The van der Waals surface area contributed by atoms with Crippen molar-refractivity contribution in [1.82, 2.24) is 10.2 Å². The van der Waals surface area contributed by atoms with Crippen molar-refractivity contribution < 1.29 is 47.3 Å². The standard InChI is InChI=1S/C29H32ClN5O5S.C2HF3O2/c1-17(33-26(36)15-27(37)34-20-5-2-18(3-6-20)29(31)32)19-4-7-23(22(14-19)24-8-9-25(30)41-24)40-21-10-12-35(13-11-21)16-28(38)39;3-2(4,5)1(6)7/h2-9,14,17,21H,10-13,15-16H2,1H3,(H3,31,32)(H,33,36)(H,34,37)(H,38,39);(H,6,7). The number of hydrogen-bond acceptors (Lipinski definition) is 8. The highest BCUT2D eigenvalue weighted by atomic mass is 35.5. The maximum Gasteiger partial charge on any atom is 0.490 e. The number of nitrogens with one attached hydrogen (secondary N) is 3. The summed E-state index contributed by atoms with van der Waals surface area (Å²) in [7, 11) is 0. The van der Waals surface area contributed by atoms with Crippen molar-refractivity contribution in [3.8, 4) is 16.2 Å². The summed E-state index contributed by atoms with van der Waals surface area (Å²) < 4.78 is 38.8. The maximum atomic E-state index is 12.7. The van der Waals surface area contributed by atoms with Gasteiger partial charge in [-0.2, -0.15) is 13.2 Å². The fourth-order valence-corrected chi connectivity index (χ4v) is 5.65. The van der Waals surface area contributed by atoms with E-state index in [1.165, 1.54) is 11.3 Å². The minimum atomic E-state index is -5.08. The van der Waals surface area contributed by atoms with E-state index in [4.69, 9.17) is 42.5 Å². The van der Waals surface area contributed by atoms with E-state index in [-0.39, 0.29) is 30.9 Å². The van der Waals surface area contributed by atoms with Crippen molar-refractivity contribution in [3.63, 3.8) is 0 Å². The number of aliphatic carboxylic acids is 2. The second-order valence-electron chi connectivity index (χ2n) is 10.7. The number of amides is 2. The van der Waals surface area contributed by atoms with Gasteiger partial charge in [0.25, 0.3) is 0 Å². The van der Waals surface area contributed by atoms with Crippen LogP contribution in [0.2, 0.25) is 4.34 Å². The van der Waals surface area contributed by atoms with E-state index in [0.717, 1.165) is 28.8 Å². The Hall–Kier alpha value is -4.67. The molecule has 1 atom stereocenters. The highest BCUT2D eigenvalue weighted by molar-refractivity contribution is 7.19. The number of anilines is 1. The van der Waals surface area contributed by atoms with E-state index in [2.05, 4.69) is 10.6 Å². The Morgan fingerprint density at radius 2 is 1.69 bits per heavy atom. The van der Waals surface area contributed by atoms with Crippen LogP contribution in [0.4, 0.5) is 18.9 Å². The molecule has 7 N–H and O–H groups in total. The number of nitrogens with two attached hydrogens (primary N) is 1. The number of amidine groups is 1. The molecule has 0 saturated carbocycles. The zero-order valence-electron chi connectivity index (χ0n) is 25.5. The first-order chi connectivity index (χ1) is 22.5. The van der Waals surface area contributed by atoms with Gasteiger partial charge in [0.05, 0.1) is 16.9 Å². The molecular weight excluding hydrogens is 679 g/mol. The van der Waals surface area contributed by atoms with Crippen LogP contribution >= 0.6 is 22.9 Å². The summed E-state index contributed by atoms with van der Waals surface area (Å²) in [5.74, 6) is -3.86. The van der Waals surface area contributed by atoms with E-state index < -0.39 is 29.9 Å². The molecule has 17 heteroatoms. The Balaban J connectivity index is 0.000000804. The molecular formula is C31H33ClF3N5O7S. The number of carboxylic acid groups (broad SMARTS) is 2. The van der Waals surface area contributed by atoms with Gasteiger partial charge < -0.3 is 31.3 Å². The number of carboxylic acids is 2. The fourth-order valence-electron chi connectivity index (χ4n) is 4.59. The molecule has 258 valence electrons. The van der Waals surface area contributed by atoms with Crippen LogP contribution in [0, 0.1) is 5.41 Å². The van der Waals surface area contributed by atoms with Crippen molar-refractivity contribution in [2.45, 2.75) is 44.5 Å². The largest absolute Gasteiger partial charge is 0.490 e. The lowest BCUT2D eigenvalue weighted by Crippen LogP contribution is -2.40. The summed E-state index contributed by atoms with van der Waals surface area (Å²) in [6.45, 7) is 3.17. The number of likely N-dealkylation sites (tertiary alicyclic amines) is 1. The molecule has 1 aliphatic heterocycles. The Morgan fingerprint density at radius 3 is 2.21 bits per heavy atom. The molecule has 2 amide bonds.